The van der Waals surface area contributed by atoms with Crippen LogP contribution in [0, 0.1) is 5.41 Å². The van der Waals surface area contributed by atoms with Crippen molar-refractivity contribution in [1.29, 1.82) is 0 Å². The first-order valence-corrected chi connectivity index (χ1v) is 11.8. The van der Waals surface area contributed by atoms with Gasteiger partial charge in [-0.1, -0.05) is 48.5 Å². The van der Waals surface area contributed by atoms with Crippen molar-refractivity contribution in [2.45, 2.75) is 38.3 Å². The zero-order valence-electron chi connectivity index (χ0n) is 18.9. The summed E-state index contributed by atoms with van der Waals surface area (Å²) in [6, 6.07) is 19.9. The average Bonchev–Trinajstić information content (AvgIpc) is 3.22. The molecule has 2 saturated heterocycles. The molecule has 2 aromatic carbocycles. The fraction of sp³-hybridized carbons (Fsp3) is 0.407. The van der Waals surface area contributed by atoms with E-state index in [-0.39, 0.29) is 17.2 Å². The number of aromatic nitrogens is 1. The summed E-state index contributed by atoms with van der Waals surface area (Å²) < 4.78 is 2.01. The second kappa shape index (κ2) is 9.02. The monoisotopic (exact) mass is 445 g/mol. The minimum atomic E-state index is -0.507. The number of aliphatic hydroxyl groups excluding tert-OH is 1. The zero-order chi connectivity index (χ0) is 22.8. The maximum absolute atomic E-state index is 13.0. The highest BCUT2D eigenvalue weighted by atomic mass is 16.3. The van der Waals surface area contributed by atoms with Crippen LogP contribution in [0.2, 0.25) is 0 Å². The van der Waals surface area contributed by atoms with Gasteiger partial charge in [0.15, 0.2) is 0 Å². The van der Waals surface area contributed by atoms with Gasteiger partial charge < -0.3 is 19.5 Å². The molecule has 172 valence electrons. The van der Waals surface area contributed by atoms with E-state index >= 15 is 0 Å². The number of aliphatic hydroxyl groups is 1. The van der Waals surface area contributed by atoms with Crippen molar-refractivity contribution in [3.63, 3.8) is 0 Å². The molecule has 1 N–H and O–H groups in total. The van der Waals surface area contributed by atoms with Crippen LogP contribution in [0.3, 0.4) is 0 Å². The molecule has 2 amide bonds. The van der Waals surface area contributed by atoms with Gasteiger partial charge in [-0.3, -0.25) is 9.59 Å². The lowest BCUT2D eigenvalue weighted by atomic mass is 9.71. The number of amides is 2. The first kappa shape index (κ1) is 21.7. The molecule has 2 fully saturated rings. The van der Waals surface area contributed by atoms with Crippen LogP contribution in [0.15, 0.2) is 66.9 Å². The lowest BCUT2D eigenvalue weighted by Gasteiger charge is -2.49. The molecule has 2 aliphatic heterocycles. The smallest absolute Gasteiger partial charge is 0.242 e. The molecule has 1 aromatic heterocycles. The number of likely N-dealkylation sites (tertiary alicyclic amines) is 2. The van der Waals surface area contributed by atoms with Gasteiger partial charge in [0.1, 0.15) is 6.54 Å². The highest BCUT2D eigenvalue weighted by Crippen LogP contribution is 2.40. The minimum Gasteiger partial charge on any atom is -0.391 e. The molecule has 0 bridgehead atoms. The number of hydrogen-bond acceptors (Lipinski definition) is 3. The Kier molecular flexibility index (Phi) is 5.94. The van der Waals surface area contributed by atoms with Crippen LogP contribution in [0.4, 0.5) is 0 Å². The third kappa shape index (κ3) is 4.67. The van der Waals surface area contributed by atoms with Crippen LogP contribution in [-0.2, 0) is 22.6 Å². The molecular formula is C27H31N3O3. The first-order valence-electron chi connectivity index (χ1n) is 11.8. The van der Waals surface area contributed by atoms with Gasteiger partial charge in [-0.25, -0.2) is 0 Å². The number of hydrogen-bond donors (Lipinski definition) is 1. The van der Waals surface area contributed by atoms with Crippen LogP contribution < -0.4 is 0 Å². The summed E-state index contributed by atoms with van der Waals surface area (Å²) in [7, 11) is 0. The van der Waals surface area contributed by atoms with Crippen molar-refractivity contribution in [1.82, 2.24) is 14.4 Å². The van der Waals surface area contributed by atoms with Crippen molar-refractivity contribution in [2.24, 2.45) is 5.41 Å². The molecule has 3 aromatic rings. The van der Waals surface area contributed by atoms with Crippen molar-refractivity contribution in [2.75, 3.05) is 26.2 Å². The third-order valence-corrected chi connectivity index (χ3v) is 7.34. The van der Waals surface area contributed by atoms with E-state index in [9.17, 15) is 14.7 Å². The molecule has 2 aliphatic rings. The predicted octanol–water partition coefficient (Wildman–Crippen LogP) is 3.09. The highest BCUT2D eigenvalue weighted by Gasteiger charge is 2.43. The summed E-state index contributed by atoms with van der Waals surface area (Å²) >= 11 is 0. The number of carbonyl (C=O) groups excluding carboxylic acids is 2. The molecule has 0 radical (unpaired) electrons. The minimum absolute atomic E-state index is 0.0670. The predicted molar refractivity (Wildman–Crippen MR) is 128 cm³/mol. The number of carbonyl (C=O) groups is 2. The number of rotatable bonds is 4. The van der Waals surface area contributed by atoms with E-state index in [1.54, 1.807) is 0 Å². The molecule has 3 heterocycles. The molecule has 33 heavy (non-hydrogen) atoms. The lowest BCUT2D eigenvalue weighted by Crippen LogP contribution is -2.56. The van der Waals surface area contributed by atoms with Crippen LogP contribution in [0.25, 0.3) is 10.9 Å². The zero-order valence-corrected chi connectivity index (χ0v) is 18.9. The van der Waals surface area contributed by atoms with Gasteiger partial charge in [-0.05, 0) is 47.8 Å². The van der Waals surface area contributed by atoms with E-state index in [0.717, 1.165) is 29.3 Å². The van der Waals surface area contributed by atoms with Crippen LogP contribution in [0.5, 0.6) is 0 Å². The summed E-state index contributed by atoms with van der Waals surface area (Å²) in [5.41, 5.74) is 1.96. The number of fused-ring (bicyclic) bond motifs is 1. The van der Waals surface area contributed by atoms with Crippen LogP contribution in [-0.4, -0.2) is 63.6 Å². The summed E-state index contributed by atoms with van der Waals surface area (Å²) in [6.07, 6.45) is 4.16. The topological polar surface area (TPSA) is 65.8 Å². The summed E-state index contributed by atoms with van der Waals surface area (Å²) in [4.78, 5) is 29.7. The van der Waals surface area contributed by atoms with E-state index in [1.165, 1.54) is 0 Å². The maximum atomic E-state index is 13.0. The van der Waals surface area contributed by atoms with Gasteiger partial charge in [0, 0.05) is 37.9 Å². The summed E-state index contributed by atoms with van der Waals surface area (Å²) in [6.45, 7) is 2.75. The molecule has 6 nitrogen and oxygen atoms in total. The largest absolute Gasteiger partial charge is 0.391 e. The molecule has 6 heteroatoms. The molecule has 1 atom stereocenters. The highest BCUT2D eigenvalue weighted by molar-refractivity contribution is 5.83. The molecule has 1 spiro atoms. The van der Waals surface area contributed by atoms with E-state index in [0.29, 0.717) is 45.6 Å². The van der Waals surface area contributed by atoms with Crippen molar-refractivity contribution >= 4 is 22.7 Å². The van der Waals surface area contributed by atoms with E-state index in [1.807, 2.05) is 75.2 Å². The van der Waals surface area contributed by atoms with Gasteiger partial charge in [0.2, 0.25) is 11.8 Å². The molecular weight excluding hydrogens is 414 g/mol. The third-order valence-electron chi connectivity index (χ3n) is 7.34. The number of benzene rings is 2. The quantitative estimate of drug-likeness (QED) is 0.671. The normalized spacial score (nSPS) is 20.3. The SMILES string of the molecule is O=C(Cn1ccc2ccccc21)N1CCC2(CC1)CC(O)CN(C(=O)Cc1ccccc1)C2. The first-order chi connectivity index (χ1) is 16.0. The fourth-order valence-corrected chi connectivity index (χ4v) is 5.54. The second-order valence-electron chi connectivity index (χ2n) is 9.68. The van der Waals surface area contributed by atoms with Gasteiger partial charge >= 0.3 is 0 Å². The Hall–Kier alpha value is -3.12. The summed E-state index contributed by atoms with van der Waals surface area (Å²) in [5, 5.41) is 11.7. The van der Waals surface area contributed by atoms with E-state index < -0.39 is 6.10 Å². The maximum Gasteiger partial charge on any atom is 0.242 e. The van der Waals surface area contributed by atoms with Crippen molar-refractivity contribution < 1.29 is 14.7 Å². The Labute approximate surface area is 194 Å². The standard InChI is InChI=1S/C27H31N3O3/c31-23-17-27(20-30(18-23)25(32)16-21-6-2-1-3-7-21)11-14-28(15-12-27)26(33)19-29-13-10-22-8-4-5-9-24(22)29/h1-10,13,23,31H,11-12,14-20H2. The van der Waals surface area contributed by atoms with E-state index in [4.69, 9.17) is 0 Å². The Morgan fingerprint density at radius 3 is 2.42 bits per heavy atom. The summed E-state index contributed by atoms with van der Waals surface area (Å²) in [5.74, 6) is 0.192. The molecule has 1 unspecified atom stereocenters. The Bertz CT molecular complexity index is 1130. The van der Waals surface area contributed by atoms with Gasteiger partial charge in [-0.2, -0.15) is 0 Å². The van der Waals surface area contributed by atoms with Gasteiger partial charge in [0.05, 0.1) is 12.5 Å². The Balaban J connectivity index is 1.20. The number of nitrogens with zero attached hydrogens (tertiary/aromatic N) is 3. The average molecular weight is 446 g/mol. The Morgan fingerprint density at radius 1 is 0.909 bits per heavy atom. The van der Waals surface area contributed by atoms with Gasteiger partial charge in [0.25, 0.3) is 0 Å². The van der Waals surface area contributed by atoms with Crippen molar-refractivity contribution in [3.8, 4) is 0 Å². The second-order valence-corrected chi connectivity index (χ2v) is 9.68. The van der Waals surface area contributed by atoms with Gasteiger partial charge in [-0.15, -0.1) is 0 Å². The number of para-hydroxylation sites is 1. The number of β-amino-alcohol motifs (C(OH)–C–C–N with tert-alkyl or cyclic N) is 1. The molecule has 5 rings (SSSR count). The van der Waals surface area contributed by atoms with Crippen LogP contribution in [0.1, 0.15) is 24.8 Å². The van der Waals surface area contributed by atoms with Crippen LogP contribution >= 0.6 is 0 Å². The van der Waals surface area contributed by atoms with E-state index in [2.05, 4.69) is 6.07 Å². The molecule has 0 aliphatic carbocycles. The fourth-order valence-electron chi connectivity index (χ4n) is 5.54. The Morgan fingerprint density at radius 2 is 1.64 bits per heavy atom. The molecule has 0 saturated carbocycles. The lowest BCUT2D eigenvalue weighted by molar-refractivity contribution is -0.143. The number of piperidine rings is 2. The van der Waals surface area contributed by atoms with Crippen molar-refractivity contribution in [3.05, 3.63) is 72.4 Å².